The lowest BCUT2D eigenvalue weighted by Gasteiger charge is -2.13. The van der Waals surface area contributed by atoms with Gasteiger partial charge in [0.05, 0.1) is 16.7 Å². The van der Waals surface area contributed by atoms with Gasteiger partial charge in [0.2, 0.25) is 5.71 Å². The highest BCUT2D eigenvalue weighted by Gasteiger charge is 2.20. The van der Waals surface area contributed by atoms with Gasteiger partial charge in [-0.25, -0.2) is 19.9 Å². The summed E-state index contributed by atoms with van der Waals surface area (Å²) in [4.78, 5) is 20.2. The number of pyridine rings is 1. The standard InChI is InChI=1S/C56H33N5O/c1-2-11-34(12-3-1)36-22-23-38-32-40(25-24-37(38)31-36)53-58-54(60-55(59-53)45-17-9-21-50-52(45)46-18-10-30-57-56(46)62-50)41-26-28-42-39(33-41)14-8-20-47(42)61-48-19-7-6-16-44(48)51-43-15-5-4-13-35(43)27-29-49(51)61/h1-33H. The van der Waals surface area contributed by atoms with Gasteiger partial charge in [-0.05, 0) is 92.7 Å². The molecule has 0 amide bonds. The molecule has 0 bridgehead atoms. The minimum Gasteiger partial charge on any atom is -0.438 e. The van der Waals surface area contributed by atoms with E-state index in [4.69, 9.17) is 19.4 Å². The average Bonchev–Trinajstić information content (AvgIpc) is 3.90. The zero-order valence-electron chi connectivity index (χ0n) is 33.2. The molecule has 0 unspecified atom stereocenters. The topological polar surface area (TPSA) is 69.6 Å². The second-order valence-electron chi connectivity index (χ2n) is 15.8. The van der Waals surface area contributed by atoms with E-state index in [9.17, 15) is 0 Å². The maximum absolute atomic E-state index is 6.21. The van der Waals surface area contributed by atoms with E-state index in [-0.39, 0.29) is 0 Å². The molecule has 62 heavy (non-hydrogen) atoms. The Balaban J connectivity index is 0.997. The molecule has 6 heteroatoms. The summed E-state index contributed by atoms with van der Waals surface area (Å²) in [5.74, 6) is 1.74. The third-order valence-corrected chi connectivity index (χ3v) is 12.3. The van der Waals surface area contributed by atoms with Crippen LogP contribution in [0.5, 0.6) is 0 Å². The van der Waals surface area contributed by atoms with E-state index in [2.05, 4.69) is 173 Å². The molecular formula is C56H33N5O. The first-order valence-electron chi connectivity index (χ1n) is 20.8. The molecule has 0 aliphatic carbocycles. The molecule has 0 radical (unpaired) electrons. The van der Waals surface area contributed by atoms with Crippen LogP contribution in [-0.2, 0) is 0 Å². The molecular weight excluding hydrogens is 759 g/mol. The fourth-order valence-corrected chi connectivity index (χ4v) is 9.40. The Kier molecular flexibility index (Phi) is 7.50. The second kappa shape index (κ2) is 13.5. The van der Waals surface area contributed by atoms with Gasteiger partial charge in [0.15, 0.2) is 17.5 Å². The molecule has 0 spiro atoms. The summed E-state index contributed by atoms with van der Waals surface area (Å²) in [6.07, 6.45) is 1.75. The first kappa shape index (κ1) is 34.4. The van der Waals surface area contributed by atoms with Crippen molar-refractivity contribution in [1.29, 1.82) is 0 Å². The van der Waals surface area contributed by atoms with Crippen LogP contribution in [0.4, 0.5) is 0 Å². The monoisotopic (exact) mass is 791 g/mol. The predicted octanol–water partition coefficient (Wildman–Crippen LogP) is 14.4. The fourth-order valence-electron chi connectivity index (χ4n) is 9.40. The van der Waals surface area contributed by atoms with E-state index in [0.717, 1.165) is 60.3 Å². The third-order valence-electron chi connectivity index (χ3n) is 12.3. The molecule has 9 aromatic carbocycles. The van der Waals surface area contributed by atoms with Crippen LogP contribution in [0, 0.1) is 0 Å². The second-order valence-corrected chi connectivity index (χ2v) is 15.8. The summed E-state index contributed by atoms with van der Waals surface area (Å²) >= 11 is 0. The van der Waals surface area contributed by atoms with Gasteiger partial charge in [0.1, 0.15) is 5.58 Å². The van der Waals surface area contributed by atoms with Gasteiger partial charge >= 0.3 is 0 Å². The summed E-state index contributed by atoms with van der Waals surface area (Å²) in [5, 5.41) is 11.3. The van der Waals surface area contributed by atoms with Crippen LogP contribution in [0.25, 0.3) is 127 Å². The molecule has 4 heterocycles. The number of furan rings is 1. The summed E-state index contributed by atoms with van der Waals surface area (Å²) in [6, 6.07) is 68.4. The lowest BCUT2D eigenvalue weighted by atomic mass is 10.00. The highest BCUT2D eigenvalue weighted by molar-refractivity contribution is 6.22. The molecule has 6 nitrogen and oxygen atoms in total. The number of para-hydroxylation sites is 1. The normalized spacial score (nSPS) is 11.9. The summed E-state index contributed by atoms with van der Waals surface area (Å²) in [6.45, 7) is 0. The molecule has 0 aliphatic rings. The van der Waals surface area contributed by atoms with Crippen molar-refractivity contribution in [2.75, 3.05) is 0 Å². The van der Waals surface area contributed by atoms with Crippen molar-refractivity contribution in [3.63, 3.8) is 0 Å². The molecule has 0 saturated carbocycles. The largest absolute Gasteiger partial charge is 0.438 e. The number of benzene rings is 9. The van der Waals surface area contributed by atoms with Gasteiger partial charge in [0.25, 0.3) is 0 Å². The molecule has 0 N–H and O–H groups in total. The first-order chi connectivity index (χ1) is 30.7. The minimum absolute atomic E-state index is 0.563. The third kappa shape index (κ3) is 5.37. The van der Waals surface area contributed by atoms with E-state index < -0.39 is 0 Å². The SMILES string of the molecule is c1ccc(-c2ccc3cc(-c4nc(-c5ccc6c(-n7c8ccccc8c8c9ccccc9ccc87)cccc6c5)nc(-c5cccc6oc7ncccc7c56)n4)ccc3c2)cc1. The van der Waals surface area contributed by atoms with Crippen molar-refractivity contribution >= 4 is 76.2 Å². The lowest BCUT2D eigenvalue weighted by Crippen LogP contribution is -2.01. The average molecular weight is 792 g/mol. The Hall–Kier alpha value is -8.48. The maximum atomic E-state index is 6.21. The summed E-state index contributed by atoms with van der Waals surface area (Å²) in [7, 11) is 0. The Bertz CT molecular complexity index is 3940. The maximum Gasteiger partial charge on any atom is 0.227 e. The predicted molar refractivity (Wildman–Crippen MR) is 254 cm³/mol. The van der Waals surface area contributed by atoms with Gasteiger partial charge in [-0.1, -0.05) is 140 Å². The van der Waals surface area contributed by atoms with Crippen LogP contribution in [0.3, 0.4) is 0 Å². The minimum atomic E-state index is 0.563. The van der Waals surface area contributed by atoms with Crippen LogP contribution < -0.4 is 0 Å². The molecule has 13 rings (SSSR count). The van der Waals surface area contributed by atoms with Crippen molar-refractivity contribution in [2.45, 2.75) is 0 Å². The van der Waals surface area contributed by atoms with Gasteiger partial charge < -0.3 is 8.98 Å². The van der Waals surface area contributed by atoms with Crippen LogP contribution in [0.2, 0.25) is 0 Å². The van der Waals surface area contributed by atoms with Crippen molar-refractivity contribution in [2.24, 2.45) is 0 Å². The number of fused-ring (bicyclic) bond motifs is 10. The van der Waals surface area contributed by atoms with Crippen LogP contribution in [0.1, 0.15) is 0 Å². The Morgan fingerprint density at radius 2 is 1.03 bits per heavy atom. The zero-order valence-corrected chi connectivity index (χ0v) is 33.2. The molecule has 288 valence electrons. The summed E-state index contributed by atoms with van der Waals surface area (Å²) in [5.41, 5.74) is 9.80. The number of aromatic nitrogens is 5. The van der Waals surface area contributed by atoms with Gasteiger partial charge in [-0.15, -0.1) is 0 Å². The number of nitrogens with zero attached hydrogens (tertiary/aromatic N) is 5. The number of hydrogen-bond acceptors (Lipinski definition) is 5. The smallest absolute Gasteiger partial charge is 0.227 e. The number of rotatable bonds is 5. The highest BCUT2D eigenvalue weighted by atomic mass is 16.3. The van der Waals surface area contributed by atoms with Crippen molar-refractivity contribution < 1.29 is 4.42 Å². The molecule has 0 fully saturated rings. The Morgan fingerprint density at radius 3 is 1.90 bits per heavy atom. The van der Waals surface area contributed by atoms with Crippen molar-refractivity contribution in [1.82, 2.24) is 24.5 Å². The van der Waals surface area contributed by atoms with Crippen LogP contribution in [-0.4, -0.2) is 24.5 Å². The van der Waals surface area contributed by atoms with Gasteiger partial charge in [-0.3, -0.25) is 0 Å². The van der Waals surface area contributed by atoms with Crippen LogP contribution >= 0.6 is 0 Å². The highest BCUT2D eigenvalue weighted by Crippen LogP contribution is 2.40. The molecule has 0 atom stereocenters. The quantitative estimate of drug-likeness (QED) is 0.174. The van der Waals surface area contributed by atoms with Gasteiger partial charge in [0, 0.05) is 49.8 Å². The Labute approximate surface area is 355 Å². The van der Waals surface area contributed by atoms with Crippen LogP contribution in [0.15, 0.2) is 205 Å². The molecule has 0 saturated heterocycles. The van der Waals surface area contributed by atoms with E-state index in [1.807, 2.05) is 30.3 Å². The summed E-state index contributed by atoms with van der Waals surface area (Å²) < 4.78 is 8.62. The molecule has 13 aromatic rings. The molecule has 4 aromatic heterocycles. The Morgan fingerprint density at radius 1 is 0.371 bits per heavy atom. The zero-order chi connectivity index (χ0) is 40.7. The van der Waals surface area contributed by atoms with E-state index in [0.29, 0.717) is 23.2 Å². The molecule has 0 aliphatic heterocycles. The lowest BCUT2D eigenvalue weighted by molar-refractivity contribution is 0.654. The van der Waals surface area contributed by atoms with Crippen molar-refractivity contribution in [3.8, 4) is 51.0 Å². The fraction of sp³-hybridized carbons (Fsp3) is 0. The van der Waals surface area contributed by atoms with E-state index in [1.165, 1.54) is 43.7 Å². The number of hydrogen-bond donors (Lipinski definition) is 0. The van der Waals surface area contributed by atoms with Gasteiger partial charge in [-0.2, -0.15) is 0 Å². The van der Waals surface area contributed by atoms with E-state index >= 15 is 0 Å². The van der Waals surface area contributed by atoms with Crippen molar-refractivity contribution in [3.05, 3.63) is 200 Å². The van der Waals surface area contributed by atoms with E-state index in [1.54, 1.807) is 6.20 Å². The first-order valence-corrected chi connectivity index (χ1v) is 20.8.